The summed E-state index contributed by atoms with van der Waals surface area (Å²) in [6, 6.07) is 8.28. The van der Waals surface area contributed by atoms with Crippen LogP contribution < -0.4 is 10.1 Å². The summed E-state index contributed by atoms with van der Waals surface area (Å²) in [6.45, 7) is 2.73. The van der Waals surface area contributed by atoms with Crippen LogP contribution in [-0.4, -0.2) is 38.7 Å². The van der Waals surface area contributed by atoms with Crippen LogP contribution in [0.25, 0.3) is 0 Å². The Kier molecular flexibility index (Phi) is 5.93. The summed E-state index contributed by atoms with van der Waals surface area (Å²) in [5, 5.41) is 3.52. The van der Waals surface area contributed by atoms with Crippen molar-refractivity contribution in [2.45, 2.75) is 19.3 Å². The number of ether oxygens (including phenoxy) is 1. The van der Waals surface area contributed by atoms with Gasteiger partial charge in [0.1, 0.15) is 12.4 Å². The monoisotopic (exact) mass is 274 g/mol. The van der Waals surface area contributed by atoms with Crippen molar-refractivity contribution < 1.29 is 4.74 Å². The molecule has 0 radical (unpaired) electrons. The van der Waals surface area contributed by atoms with Crippen LogP contribution in [0.3, 0.4) is 0 Å². The fourth-order valence-electron chi connectivity index (χ4n) is 2.32. The van der Waals surface area contributed by atoms with E-state index in [4.69, 9.17) is 4.74 Å². The zero-order valence-electron chi connectivity index (χ0n) is 12.6. The Hall–Kier alpha value is -1.48. The van der Waals surface area contributed by atoms with Gasteiger partial charge in [-0.1, -0.05) is 12.2 Å². The highest BCUT2D eigenvalue weighted by atomic mass is 16.5. The van der Waals surface area contributed by atoms with E-state index in [-0.39, 0.29) is 0 Å². The lowest BCUT2D eigenvalue weighted by molar-refractivity contribution is 0.261. The lowest BCUT2D eigenvalue weighted by Crippen LogP contribution is -2.19. The van der Waals surface area contributed by atoms with Crippen molar-refractivity contribution in [3.8, 4) is 5.75 Å². The molecule has 0 fully saturated rings. The van der Waals surface area contributed by atoms with Crippen molar-refractivity contribution in [1.29, 1.82) is 0 Å². The number of nitrogens with zero attached hydrogens (tertiary/aromatic N) is 1. The number of anilines is 1. The smallest absolute Gasteiger partial charge is 0.119 e. The van der Waals surface area contributed by atoms with Crippen molar-refractivity contribution in [2.75, 3.05) is 39.1 Å². The molecular weight excluding hydrogens is 248 g/mol. The van der Waals surface area contributed by atoms with Crippen LogP contribution in [0.2, 0.25) is 0 Å². The molecule has 3 heteroatoms. The number of nitrogens with one attached hydrogen (secondary N) is 1. The lowest BCUT2D eigenvalue weighted by atomic mass is 9.94. The van der Waals surface area contributed by atoms with Crippen molar-refractivity contribution in [3.05, 3.63) is 36.4 Å². The number of allylic oxidation sites excluding steroid dienone is 2. The van der Waals surface area contributed by atoms with E-state index in [1.54, 1.807) is 0 Å². The average Bonchev–Trinajstić information content (AvgIpc) is 2.47. The number of rotatable bonds is 7. The molecular formula is C17H26N2O. The van der Waals surface area contributed by atoms with Crippen LogP contribution in [-0.2, 0) is 0 Å². The highest BCUT2D eigenvalue weighted by molar-refractivity contribution is 5.46. The van der Waals surface area contributed by atoms with Gasteiger partial charge in [-0.3, -0.25) is 0 Å². The third-order valence-electron chi connectivity index (χ3n) is 3.63. The van der Waals surface area contributed by atoms with E-state index in [1.165, 1.54) is 24.9 Å². The molecule has 1 atom stereocenters. The van der Waals surface area contributed by atoms with Crippen LogP contribution in [0.1, 0.15) is 19.3 Å². The summed E-state index contributed by atoms with van der Waals surface area (Å²) < 4.78 is 5.69. The summed E-state index contributed by atoms with van der Waals surface area (Å²) in [5.41, 5.74) is 1.18. The first-order chi connectivity index (χ1) is 9.74. The quantitative estimate of drug-likeness (QED) is 0.771. The van der Waals surface area contributed by atoms with Gasteiger partial charge in [0.15, 0.2) is 0 Å². The molecule has 0 heterocycles. The topological polar surface area (TPSA) is 24.5 Å². The van der Waals surface area contributed by atoms with Crippen LogP contribution >= 0.6 is 0 Å². The Morgan fingerprint density at radius 3 is 2.65 bits per heavy atom. The van der Waals surface area contributed by atoms with Gasteiger partial charge < -0.3 is 15.0 Å². The van der Waals surface area contributed by atoms with Gasteiger partial charge in [0.2, 0.25) is 0 Å². The molecule has 1 unspecified atom stereocenters. The minimum atomic E-state index is 0.730. The zero-order valence-corrected chi connectivity index (χ0v) is 12.6. The predicted molar refractivity (Wildman–Crippen MR) is 85.5 cm³/mol. The van der Waals surface area contributed by atoms with E-state index < -0.39 is 0 Å². The van der Waals surface area contributed by atoms with Crippen LogP contribution in [0.5, 0.6) is 5.75 Å². The summed E-state index contributed by atoms with van der Waals surface area (Å²) >= 11 is 0. The van der Waals surface area contributed by atoms with Crippen molar-refractivity contribution >= 4 is 5.69 Å². The van der Waals surface area contributed by atoms with Gasteiger partial charge in [-0.2, -0.15) is 0 Å². The molecule has 1 aromatic carbocycles. The molecule has 110 valence electrons. The Labute approximate surface area is 122 Å². The molecule has 0 saturated carbocycles. The normalized spacial score (nSPS) is 18.2. The summed E-state index contributed by atoms with van der Waals surface area (Å²) in [4.78, 5) is 2.12. The first-order valence-electron chi connectivity index (χ1n) is 7.50. The predicted octanol–water partition coefficient (Wildman–Crippen LogP) is 3.40. The van der Waals surface area contributed by atoms with E-state index in [1.807, 2.05) is 12.1 Å². The van der Waals surface area contributed by atoms with Gasteiger partial charge in [0, 0.05) is 18.8 Å². The molecule has 1 aromatic rings. The lowest BCUT2D eigenvalue weighted by Gasteiger charge is -2.19. The van der Waals surface area contributed by atoms with Crippen molar-refractivity contribution in [2.24, 2.45) is 5.92 Å². The van der Waals surface area contributed by atoms with Gasteiger partial charge in [-0.15, -0.1) is 0 Å². The maximum atomic E-state index is 5.69. The van der Waals surface area contributed by atoms with Crippen LogP contribution in [0.15, 0.2) is 36.4 Å². The Balaban J connectivity index is 1.72. The summed E-state index contributed by atoms with van der Waals surface area (Å²) in [6.07, 6.45) is 8.33. The van der Waals surface area contributed by atoms with Crippen LogP contribution in [0, 0.1) is 5.92 Å². The zero-order chi connectivity index (χ0) is 14.2. The van der Waals surface area contributed by atoms with Gasteiger partial charge in [0.25, 0.3) is 0 Å². The number of benzene rings is 1. The Bertz CT molecular complexity index is 412. The molecule has 1 aliphatic carbocycles. The number of hydrogen-bond acceptors (Lipinski definition) is 3. The molecule has 2 rings (SSSR count). The molecule has 3 nitrogen and oxygen atoms in total. The highest BCUT2D eigenvalue weighted by Gasteiger charge is 2.09. The summed E-state index contributed by atoms with van der Waals surface area (Å²) in [7, 11) is 4.10. The molecule has 20 heavy (non-hydrogen) atoms. The van der Waals surface area contributed by atoms with Gasteiger partial charge in [-0.05, 0) is 63.5 Å². The maximum Gasteiger partial charge on any atom is 0.119 e. The first-order valence-corrected chi connectivity index (χ1v) is 7.50. The third kappa shape index (κ3) is 5.25. The average molecular weight is 274 g/mol. The number of hydrogen-bond donors (Lipinski definition) is 1. The molecule has 0 saturated heterocycles. The molecule has 1 aliphatic rings. The molecule has 0 amide bonds. The second-order valence-electron chi connectivity index (χ2n) is 5.71. The fraction of sp³-hybridized carbons (Fsp3) is 0.529. The Morgan fingerprint density at radius 1 is 1.20 bits per heavy atom. The first kappa shape index (κ1) is 14.9. The van der Waals surface area contributed by atoms with Gasteiger partial charge in [0.05, 0.1) is 0 Å². The molecule has 1 N–H and O–H groups in total. The van der Waals surface area contributed by atoms with Gasteiger partial charge in [-0.25, -0.2) is 0 Å². The highest BCUT2D eigenvalue weighted by Crippen LogP contribution is 2.20. The largest absolute Gasteiger partial charge is 0.492 e. The second kappa shape index (κ2) is 7.95. The summed E-state index contributed by atoms with van der Waals surface area (Å²) in [5.74, 6) is 1.72. The van der Waals surface area contributed by atoms with Gasteiger partial charge >= 0.3 is 0 Å². The fourth-order valence-corrected chi connectivity index (χ4v) is 2.32. The van der Waals surface area contributed by atoms with E-state index in [2.05, 4.69) is 48.6 Å². The van der Waals surface area contributed by atoms with Crippen molar-refractivity contribution in [3.63, 3.8) is 0 Å². The standard InChI is InChI=1S/C17H26N2O/c1-19(2)12-13-20-17-10-8-16(9-11-17)18-14-15-6-4-3-5-7-15/h3-4,8-11,15,18H,5-7,12-14H2,1-2H3. The van der Waals surface area contributed by atoms with E-state index in [9.17, 15) is 0 Å². The Morgan fingerprint density at radius 2 is 2.00 bits per heavy atom. The van der Waals surface area contributed by atoms with E-state index >= 15 is 0 Å². The second-order valence-corrected chi connectivity index (χ2v) is 5.71. The minimum Gasteiger partial charge on any atom is -0.492 e. The van der Waals surface area contributed by atoms with Crippen LogP contribution in [0.4, 0.5) is 5.69 Å². The van der Waals surface area contributed by atoms with Crippen molar-refractivity contribution in [1.82, 2.24) is 4.90 Å². The molecule has 0 aromatic heterocycles. The molecule has 0 spiro atoms. The minimum absolute atomic E-state index is 0.730. The third-order valence-corrected chi connectivity index (χ3v) is 3.63. The van der Waals surface area contributed by atoms with E-state index in [0.717, 1.165) is 31.4 Å². The number of likely N-dealkylation sites (N-methyl/N-ethyl adjacent to an activating group) is 1. The molecule has 0 bridgehead atoms. The molecule has 0 aliphatic heterocycles. The maximum absolute atomic E-state index is 5.69. The van der Waals surface area contributed by atoms with E-state index in [0.29, 0.717) is 0 Å². The SMILES string of the molecule is CN(C)CCOc1ccc(NCC2CC=CCC2)cc1.